The number of nitrogens with two attached hydrogens (primary N) is 1. The van der Waals surface area contributed by atoms with Gasteiger partial charge in [-0.05, 0) is 30.5 Å². The zero-order valence-corrected chi connectivity index (χ0v) is 11.5. The largest absolute Gasteiger partial charge is 0.359 e. The zero-order chi connectivity index (χ0) is 13.7. The van der Waals surface area contributed by atoms with Gasteiger partial charge in [0.25, 0.3) is 0 Å². The molecule has 0 saturated carbocycles. The zero-order valence-electron chi connectivity index (χ0n) is 11.5. The van der Waals surface area contributed by atoms with E-state index in [2.05, 4.69) is 46.1 Å². The van der Waals surface area contributed by atoms with Crippen molar-refractivity contribution in [1.29, 1.82) is 0 Å². The topological polar surface area (TPSA) is 55.0 Å². The molecule has 100 valence electrons. The fourth-order valence-electron chi connectivity index (χ4n) is 1.99. The van der Waals surface area contributed by atoms with Crippen molar-refractivity contribution in [3.05, 3.63) is 53.5 Å². The van der Waals surface area contributed by atoms with Gasteiger partial charge in [0.1, 0.15) is 11.6 Å². The first-order valence-electron chi connectivity index (χ1n) is 6.48. The lowest BCUT2D eigenvalue weighted by Gasteiger charge is -2.19. The van der Waals surface area contributed by atoms with Crippen LogP contribution in [0.1, 0.15) is 17.0 Å². The number of nitrogens with zero attached hydrogens (tertiary/aromatic N) is 3. The number of hydrogen-bond donors (Lipinski definition) is 1. The summed E-state index contributed by atoms with van der Waals surface area (Å²) in [5.74, 6) is 1.60. The van der Waals surface area contributed by atoms with E-state index in [0.717, 1.165) is 18.8 Å². The summed E-state index contributed by atoms with van der Waals surface area (Å²) in [6, 6.07) is 10.4. The van der Waals surface area contributed by atoms with E-state index in [1.807, 2.05) is 13.1 Å². The first-order valence-corrected chi connectivity index (χ1v) is 6.48. The van der Waals surface area contributed by atoms with Gasteiger partial charge in [0.2, 0.25) is 0 Å². The van der Waals surface area contributed by atoms with E-state index in [-0.39, 0.29) is 0 Å². The molecule has 4 nitrogen and oxygen atoms in total. The summed E-state index contributed by atoms with van der Waals surface area (Å²) < 4.78 is 0. The molecule has 0 spiro atoms. The summed E-state index contributed by atoms with van der Waals surface area (Å²) in [5, 5.41) is 0. The molecule has 0 fully saturated rings. The maximum Gasteiger partial charge on any atom is 0.144 e. The second-order valence-corrected chi connectivity index (χ2v) is 4.63. The van der Waals surface area contributed by atoms with Crippen molar-refractivity contribution in [2.75, 3.05) is 18.5 Å². The summed E-state index contributed by atoms with van der Waals surface area (Å²) in [4.78, 5) is 10.7. The summed E-state index contributed by atoms with van der Waals surface area (Å²) >= 11 is 0. The molecule has 0 aliphatic carbocycles. The molecule has 0 atom stereocenters. The van der Waals surface area contributed by atoms with Gasteiger partial charge in [-0.1, -0.05) is 24.3 Å². The molecule has 4 heteroatoms. The van der Waals surface area contributed by atoms with Gasteiger partial charge in [0.15, 0.2) is 0 Å². The second kappa shape index (κ2) is 6.29. The number of benzene rings is 1. The monoisotopic (exact) mass is 256 g/mol. The molecule has 0 aliphatic heterocycles. The van der Waals surface area contributed by atoms with E-state index < -0.39 is 0 Å². The van der Waals surface area contributed by atoms with Gasteiger partial charge in [-0.2, -0.15) is 0 Å². The first-order chi connectivity index (χ1) is 9.20. The van der Waals surface area contributed by atoms with Crippen LogP contribution in [0.5, 0.6) is 0 Å². The van der Waals surface area contributed by atoms with E-state index in [0.29, 0.717) is 12.4 Å². The summed E-state index contributed by atoms with van der Waals surface area (Å²) in [6.07, 6.45) is 2.76. The third kappa shape index (κ3) is 3.51. The molecule has 0 unspecified atom stereocenters. The van der Waals surface area contributed by atoms with Gasteiger partial charge < -0.3 is 10.6 Å². The third-order valence-electron chi connectivity index (χ3n) is 3.24. The number of aromatic nitrogens is 2. The fraction of sp³-hybridized carbons (Fsp3) is 0.333. The van der Waals surface area contributed by atoms with Crippen LogP contribution >= 0.6 is 0 Å². The van der Waals surface area contributed by atoms with Crippen LogP contribution in [-0.2, 0) is 13.0 Å². The average Bonchev–Trinajstić information content (AvgIpc) is 2.46. The highest BCUT2D eigenvalue weighted by Crippen LogP contribution is 2.11. The van der Waals surface area contributed by atoms with Crippen molar-refractivity contribution in [3.8, 4) is 0 Å². The predicted molar refractivity (Wildman–Crippen MR) is 78.1 cm³/mol. The van der Waals surface area contributed by atoms with E-state index >= 15 is 0 Å². The molecule has 0 amide bonds. The minimum absolute atomic E-state index is 0.374. The van der Waals surface area contributed by atoms with Gasteiger partial charge >= 0.3 is 0 Å². The lowest BCUT2D eigenvalue weighted by Crippen LogP contribution is -2.22. The van der Waals surface area contributed by atoms with Gasteiger partial charge in [-0.3, -0.25) is 0 Å². The molecular weight excluding hydrogens is 236 g/mol. The molecule has 0 saturated heterocycles. The van der Waals surface area contributed by atoms with Crippen molar-refractivity contribution < 1.29 is 0 Å². The summed E-state index contributed by atoms with van der Waals surface area (Å²) in [5.41, 5.74) is 8.27. The van der Waals surface area contributed by atoms with E-state index in [4.69, 9.17) is 5.73 Å². The second-order valence-electron chi connectivity index (χ2n) is 4.63. The smallest absolute Gasteiger partial charge is 0.144 e. The van der Waals surface area contributed by atoms with E-state index in [9.17, 15) is 0 Å². The molecule has 0 radical (unpaired) electrons. The number of rotatable bonds is 5. The average molecular weight is 256 g/mol. The molecule has 1 heterocycles. The first kappa shape index (κ1) is 13.5. The maximum atomic E-state index is 5.56. The van der Waals surface area contributed by atoms with Crippen molar-refractivity contribution >= 4 is 5.82 Å². The molecule has 19 heavy (non-hydrogen) atoms. The van der Waals surface area contributed by atoms with Crippen molar-refractivity contribution in [3.63, 3.8) is 0 Å². The minimum atomic E-state index is 0.374. The third-order valence-corrected chi connectivity index (χ3v) is 3.24. The molecular formula is C15H20N4. The molecule has 0 bridgehead atoms. The highest BCUT2D eigenvalue weighted by molar-refractivity contribution is 5.37. The SMILES string of the molecule is Cc1ccccc1CCN(C)c1ccnc(CN)n1. The lowest BCUT2D eigenvalue weighted by atomic mass is 10.1. The Labute approximate surface area is 114 Å². The van der Waals surface area contributed by atoms with Crippen LogP contribution in [0.15, 0.2) is 36.5 Å². The number of hydrogen-bond acceptors (Lipinski definition) is 4. The molecule has 2 aromatic rings. The Morgan fingerprint density at radius 2 is 2.00 bits per heavy atom. The van der Waals surface area contributed by atoms with Crippen LogP contribution in [0, 0.1) is 6.92 Å². The quantitative estimate of drug-likeness (QED) is 0.888. The van der Waals surface area contributed by atoms with Crippen LogP contribution in [0.4, 0.5) is 5.82 Å². The Bertz CT molecular complexity index is 539. The van der Waals surface area contributed by atoms with E-state index in [1.54, 1.807) is 6.20 Å². The van der Waals surface area contributed by atoms with Crippen molar-refractivity contribution in [1.82, 2.24) is 9.97 Å². The van der Waals surface area contributed by atoms with Gasteiger partial charge in [-0.15, -0.1) is 0 Å². The molecule has 1 aromatic carbocycles. The van der Waals surface area contributed by atoms with Gasteiger partial charge in [0.05, 0.1) is 6.54 Å². The Morgan fingerprint density at radius 1 is 1.21 bits per heavy atom. The van der Waals surface area contributed by atoms with Crippen molar-refractivity contribution in [2.45, 2.75) is 19.9 Å². The standard InChI is InChI=1S/C15H20N4/c1-12-5-3-4-6-13(12)8-10-19(2)15-7-9-17-14(11-16)18-15/h3-7,9H,8,10-11,16H2,1-2H3. The highest BCUT2D eigenvalue weighted by Gasteiger charge is 2.05. The van der Waals surface area contributed by atoms with Gasteiger partial charge in [-0.25, -0.2) is 9.97 Å². The van der Waals surface area contributed by atoms with Crippen molar-refractivity contribution in [2.24, 2.45) is 5.73 Å². The molecule has 2 rings (SSSR count). The molecule has 2 N–H and O–H groups in total. The number of anilines is 1. The Kier molecular flexibility index (Phi) is 4.47. The van der Waals surface area contributed by atoms with Crippen LogP contribution in [0.2, 0.25) is 0 Å². The van der Waals surface area contributed by atoms with Crippen LogP contribution in [0.25, 0.3) is 0 Å². The van der Waals surface area contributed by atoms with E-state index in [1.165, 1.54) is 11.1 Å². The van der Waals surface area contributed by atoms with Crippen LogP contribution in [0.3, 0.4) is 0 Å². The predicted octanol–water partition coefficient (Wildman–Crippen LogP) is 1.92. The Morgan fingerprint density at radius 3 is 2.74 bits per heavy atom. The maximum absolute atomic E-state index is 5.56. The Hall–Kier alpha value is -1.94. The highest BCUT2D eigenvalue weighted by atomic mass is 15.2. The molecule has 1 aromatic heterocycles. The minimum Gasteiger partial charge on any atom is -0.359 e. The Balaban J connectivity index is 2.01. The van der Waals surface area contributed by atoms with Crippen LogP contribution in [-0.4, -0.2) is 23.6 Å². The summed E-state index contributed by atoms with van der Waals surface area (Å²) in [7, 11) is 2.04. The van der Waals surface area contributed by atoms with Crippen LogP contribution < -0.4 is 10.6 Å². The number of likely N-dealkylation sites (N-methyl/N-ethyl adjacent to an activating group) is 1. The summed E-state index contributed by atoms with van der Waals surface area (Å²) in [6.45, 7) is 3.44. The van der Waals surface area contributed by atoms with Gasteiger partial charge in [0, 0.05) is 19.8 Å². The normalized spacial score (nSPS) is 10.5. The molecule has 0 aliphatic rings. The fourth-order valence-corrected chi connectivity index (χ4v) is 1.99. The lowest BCUT2D eigenvalue weighted by molar-refractivity contribution is 0.828. The number of aryl methyl sites for hydroxylation is 1.